The van der Waals surface area contributed by atoms with Crippen molar-refractivity contribution in [1.82, 2.24) is 9.88 Å². The fraction of sp³-hybridized carbons (Fsp3) is 0.333. The minimum Gasteiger partial charge on any atom is -0.336 e. The van der Waals surface area contributed by atoms with Crippen molar-refractivity contribution in [2.75, 3.05) is 7.05 Å². The van der Waals surface area contributed by atoms with E-state index in [1.54, 1.807) is 18.4 Å². The first-order valence-electron chi connectivity index (χ1n) is 6.53. The van der Waals surface area contributed by atoms with Crippen molar-refractivity contribution in [2.24, 2.45) is 0 Å². The number of carbonyl (C=O) groups is 1. The van der Waals surface area contributed by atoms with Gasteiger partial charge in [0.15, 0.2) is 0 Å². The minimum atomic E-state index is -4.51. The molecule has 118 valence electrons. The van der Waals surface area contributed by atoms with Gasteiger partial charge < -0.3 is 4.90 Å². The van der Waals surface area contributed by atoms with Crippen molar-refractivity contribution in [3.8, 4) is 0 Å². The topological polar surface area (TPSA) is 33.2 Å². The Balaban J connectivity index is 2.20. The molecule has 0 aromatic carbocycles. The Labute approximate surface area is 130 Å². The minimum absolute atomic E-state index is 0.0783. The van der Waals surface area contributed by atoms with Crippen molar-refractivity contribution in [3.05, 3.63) is 51.0 Å². The maximum atomic E-state index is 12.6. The number of pyridine rings is 1. The van der Waals surface area contributed by atoms with E-state index >= 15 is 0 Å². The third-order valence-electron chi connectivity index (χ3n) is 3.30. The number of thiophene rings is 1. The summed E-state index contributed by atoms with van der Waals surface area (Å²) < 4.78 is 37.8. The molecule has 0 spiro atoms. The van der Waals surface area contributed by atoms with Crippen molar-refractivity contribution in [3.63, 3.8) is 0 Å². The highest BCUT2D eigenvalue weighted by atomic mass is 32.1. The quantitative estimate of drug-likeness (QED) is 0.851. The fourth-order valence-electron chi connectivity index (χ4n) is 2.00. The summed E-state index contributed by atoms with van der Waals surface area (Å²) in [6.07, 6.45) is -4.51. The molecule has 22 heavy (non-hydrogen) atoms. The summed E-state index contributed by atoms with van der Waals surface area (Å²) in [4.78, 5) is 18.4. The van der Waals surface area contributed by atoms with E-state index < -0.39 is 11.9 Å². The summed E-state index contributed by atoms with van der Waals surface area (Å²) in [5.41, 5.74) is 0.365. The maximum Gasteiger partial charge on any atom is 0.433 e. The van der Waals surface area contributed by atoms with Gasteiger partial charge in [-0.1, -0.05) is 0 Å². The number of hydrogen-bond donors (Lipinski definition) is 0. The number of halogens is 3. The molecule has 7 heteroatoms. The number of rotatable bonds is 3. The van der Waals surface area contributed by atoms with E-state index in [1.807, 2.05) is 18.4 Å². The number of nitrogens with zero attached hydrogens (tertiary/aromatic N) is 2. The molecule has 2 aromatic rings. The second-order valence-corrected chi connectivity index (χ2v) is 6.02. The molecule has 0 bridgehead atoms. The van der Waals surface area contributed by atoms with Crippen LogP contribution in [0.3, 0.4) is 0 Å². The Kier molecular flexibility index (Phi) is 4.55. The molecule has 2 aromatic heterocycles. The van der Waals surface area contributed by atoms with Crippen LogP contribution in [0.1, 0.15) is 32.2 Å². The molecule has 0 aliphatic rings. The molecule has 0 saturated heterocycles. The van der Waals surface area contributed by atoms with Gasteiger partial charge >= 0.3 is 6.18 Å². The van der Waals surface area contributed by atoms with E-state index in [2.05, 4.69) is 4.98 Å². The zero-order valence-electron chi connectivity index (χ0n) is 12.4. The first-order valence-corrected chi connectivity index (χ1v) is 7.41. The molecule has 0 atom stereocenters. The van der Waals surface area contributed by atoms with Crippen molar-refractivity contribution in [2.45, 2.75) is 26.6 Å². The molecule has 2 heterocycles. The number of hydrogen-bond acceptors (Lipinski definition) is 3. The monoisotopic (exact) mass is 328 g/mol. The van der Waals surface area contributed by atoms with Gasteiger partial charge in [-0.2, -0.15) is 13.2 Å². The Morgan fingerprint density at radius 3 is 2.45 bits per heavy atom. The third-order valence-corrected chi connectivity index (χ3v) is 4.31. The molecular formula is C15H15F3N2OS. The summed E-state index contributed by atoms with van der Waals surface area (Å²) >= 11 is 1.54. The first-order chi connectivity index (χ1) is 10.2. The van der Waals surface area contributed by atoms with E-state index in [1.165, 1.54) is 17.9 Å². The molecule has 0 saturated carbocycles. The average molecular weight is 328 g/mol. The highest BCUT2D eigenvalue weighted by molar-refractivity contribution is 7.10. The standard InChI is InChI=1S/C15H15F3N2OS/c1-9-6-7-22-12(9)8-20(3)14(21)11-4-5-13(15(16,17)18)19-10(11)2/h4-7H,8H2,1-3H3. The highest BCUT2D eigenvalue weighted by Crippen LogP contribution is 2.28. The molecule has 0 fully saturated rings. The van der Waals surface area contributed by atoms with Gasteiger partial charge in [-0.3, -0.25) is 4.79 Å². The van der Waals surface area contributed by atoms with Crippen LogP contribution in [0.2, 0.25) is 0 Å². The molecule has 1 amide bonds. The number of carbonyl (C=O) groups excluding carboxylic acids is 1. The fourth-order valence-corrected chi connectivity index (χ4v) is 2.96. The lowest BCUT2D eigenvalue weighted by Crippen LogP contribution is -2.27. The predicted molar refractivity (Wildman–Crippen MR) is 78.8 cm³/mol. The molecule has 0 aliphatic heterocycles. The Hall–Kier alpha value is -1.89. The molecule has 2 rings (SSSR count). The van der Waals surface area contributed by atoms with Crippen LogP contribution in [0.4, 0.5) is 13.2 Å². The van der Waals surface area contributed by atoms with E-state index in [0.29, 0.717) is 6.54 Å². The van der Waals surface area contributed by atoms with E-state index in [0.717, 1.165) is 16.5 Å². The van der Waals surface area contributed by atoms with Gasteiger partial charge in [0.25, 0.3) is 5.91 Å². The second-order valence-electron chi connectivity index (χ2n) is 5.02. The third kappa shape index (κ3) is 3.47. The number of aromatic nitrogens is 1. The first kappa shape index (κ1) is 16.5. The van der Waals surface area contributed by atoms with Gasteiger partial charge in [0.1, 0.15) is 5.69 Å². The van der Waals surface area contributed by atoms with E-state index in [-0.39, 0.29) is 17.2 Å². The van der Waals surface area contributed by atoms with Crippen LogP contribution in [0.25, 0.3) is 0 Å². The SMILES string of the molecule is Cc1ccsc1CN(C)C(=O)c1ccc(C(F)(F)F)nc1C. The Morgan fingerprint density at radius 2 is 1.95 bits per heavy atom. The largest absolute Gasteiger partial charge is 0.433 e. The predicted octanol–water partition coefficient (Wildman–Crippen LogP) is 4.05. The van der Waals surface area contributed by atoms with Gasteiger partial charge in [0, 0.05) is 11.9 Å². The number of alkyl halides is 3. The zero-order valence-corrected chi connectivity index (χ0v) is 13.2. The van der Waals surface area contributed by atoms with Gasteiger partial charge in [-0.05, 0) is 43.0 Å². The molecule has 0 unspecified atom stereocenters. The van der Waals surface area contributed by atoms with Gasteiger partial charge in [0.2, 0.25) is 0 Å². The van der Waals surface area contributed by atoms with E-state index in [9.17, 15) is 18.0 Å². The van der Waals surface area contributed by atoms with Gasteiger partial charge in [0.05, 0.1) is 17.8 Å². The van der Waals surface area contributed by atoms with Gasteiger partial charge in [-0.25, -0.2) is 4.98 Å². The summed E-state index contributed by atoms with van der Waals surface area (Å²) in [6.45, 7) is 3.78. The summed E-state index contributed by atoms with van der Waals surface area (Å²) in [5, 5.41) is 1.94. The van der Waals surface area contributed by atoms with Crippen molar-refractivity contribution >= 4 is 17.2 Å². The molecule has 3 nitrogen and oxygen atoms in total. The maximum absolute atomic E-state index is 12.6. The van der Waals surface area contributed by atoms with Crippen LogP contribution in [-0.4, -0.2) is 22.8 Å². The van der Waals surface area contributed by atoms with Crippen LogP contribution < -0.4 is 0 Å². The normalized spacial score (nSPS) is 11.5. The van der Waals surface area contributed by atoms with E-state index in [4.69, 9.17) is 0 Å². The Bertz CT molecular complexity index is 694. The van der Waals surface area contributed by atoms with Crippen molar-refractivity contribution < 1.29 is 18.0 Å². The summed E-state index contributed by atoms with van der Waals surface area (Å²) in [5.74, 6) is -0.341. The lowest BCUT2D eigenvalue weighted by molar-refractivity contribution is -0.141. The van der Waals surface area contributed by atoms with Crippen LogP contribution >= 0.6 is 11.3 Å². The zero-order chi connectivity index (χ0) is 16.5. The van der Waals surface area contributed by atoms with Crippen LogP contribution in [0.5, 0.6) is 0 Å². The van der Waals surface area contributed by atoms with Crippen LogP contribution in [-0.2, 0) is 12.7 Å². The molecular weight excluding hydrogens is 313 g/mol. The highest BCUT2D eigenvalue weighted by Gasteiger charge is 2.33. The van der Waals surface area contributed by atoms with Crippen LogP contribution in [0.15, 0.2) is 23.6 Å². The Morgan fingerprint density at radius 1 is 1.27 bits per heavy atom. The number of aryl methyl sites for hydroxylation is 2. The molecule has 0 N–H and O–H groups in total. The lowest BCUT2D eigenvalue weighted by atomic mass is 10.1. The number of amides is 1. The smallest absolute Gasteiger partial charge is 0.336 e. The van der Waals surface area contributed by atoms with Crippen LogP contribution in [0, 0.1) is 13.8 Å². The molecule has 0 aliphatic carbocycles. The lowest BCUT2D eigenvalue weighted by Gasteiger charge is -2.18. The van der Waals surface area contributed by atoms with Crippen molar-refractivity contribution in [1.29, 1.82) is 0 Å². The summed E-state index contributed by atoms with van der Waals surface area (Å²) in [7, 11) is 1.62. The average Bonchev–Trinajstić information content (AvgIpc) is 2.82. The second kappa shape index (κ2) is 6.08. The summed E-state index contributed by atoms with van der Waals surface area (Å²) in [6, 6.07) is 3.99. The molecule has 0 radical (unpaired) electrons. The van der Waals surface area contributed by atoms with Gasteiger partial charge in [-0.15, -0.1) is 11.3 Å².